The molecule has 0 aliphatic carbocycles. The number of hydrogen-bond donors (Lipinski definition) is 2. The van der Waals surface area contributed by atoms with Crippen LogP contribution in [-0.2, 0) is 13.0 Å². The summed E-state index contributed by atoms with van der Waals surface area (Å²) in [5.74, 6) is 3.58. The maximum Gasteiger partial charge on any atom is 0.228 e. The largest absolute Gasteiger partial charge is 0.493 e. The zero-order valence-electron chi connectivity index (χ0n) is 17.7. The van der Waals surface area contributed by atoms with Crippen molar-refractivity contribution in [1.82, 2.24) is 20.8 Å². The number of ether oxygens (including phenoxy) is 1. The number of nitrogens with zero attached hydrogens (tertiary/aromatic N) is 3. The molecule has 7 nitrogen and oxygen atoms in total. The van der Waals surface area contributed by atoms with E-state index >= 15 is 0 Å². The molecule has 0 saturated heterocycles. The van der Waals surface area contributed by atoms with E-state index in [0.29, 0.717) is 37.1 Å². The van der Waals surface area contributed by atoms with Crippen LogP contribution in [0.15, 0.2) is 27.7 Å². The second-order valence-corrected chi connectivity index (χ2v) is 7.25. The zero-order chi connectivity index (χ0) is 20.4. The molecule has 0 unspecified atom stereocenters. The smallest absolute Gasteiger partial charge is 0.228 e. The summed E-state index contributed by atoms with van der Waals surface area (Å²) in [6, 6.07) is 6.27. The molecule has 0 bridgehead atoms. The van der Waals surface area contributed by atoms with Gasteiger partial charge < -0.3 is 19.9 Å². The van der Waals surface area contributed by atoms with E-state index < -0.39 is 0 Å². The van der Waals surface area contributed by atoms with E-state index in [2.05, 4.69) is 59.7 Å². The predicted octanol–water partition coefficient (Wildman–Crippen LogP) is 3.41. The van der Waals surface area contributed by atoms with Gasteiger partial charge in [0.05, 0.1) is 13.2 Å². The minimum absolute atomic E-state index is 0.548. The van der Waals surface area contributed by atoms with Crippen LogP contribution in [0.2, 0.25) is 0 Å². The second kappa shape index (κ2) is 11.3. The maximum absolute atomic E-state index is 6.02. The minimum atomic E-state index is 0.548. The number of aryl methyl sites for hydroxylation is 2. The molecule has 0 saturated carbocycles. The molecule has 28 heavy (non-hydrogen) atoms. The number of benzene rings is 1. The highest BCUT2D eigenvalue weighted by Crippen LogP contribution is 2.22. The third-order valence-electron chi connectivity index (χ3n) is 4.13. The van der Waals surface area contributed by atoms with Crippen molar-refractivity contribution in [3.05, 3.63) is 41.0 Å². The van der Waals surface area contributed by atoms with Gasteiger partial charge in [0.25, 0.3) is 0 Å². The van der Waals surface area contributed by atoms with Crippen molar-refractivity contribution in [2.75, 3.05) is 19.7 Å². The van der Waals surface area contributed by atoms with Gasteiger partial charge in [-0.05, 0) is 44.7 Å². The van der Waals surface area contributed by atoms with Crippen LogP contribution in [0, 0.1) is 19.8 Å². The number of nitrogens with one attached hydrogen (secondary N) is 2. The Morgan fingerprint density at radius 3 is 2.75 bits per heavy atom. The molecule has 0 radical (unpaired) electrons. The Morgan fingerprint density at radius 2 is 2.07 bits per heavy atom. The average molecular weight is 388 g/mol. The van der Waals surface area contributed by atoms with Crippen molar-refractivity contribution in [1.29, 1.82) is 0 Å². The predicted molar refractivity (Wildman–Crippen MR) is 112 cm³/mol. The molecule has 0 spiro atoms. The van der Waals surface area contributed by atoms with Crippen LogP contribution in [0.5, 0.6) is 5.75 Å². The quantitative estimate of drug-likeness (QED) is 0.480. The van der Waals surface area contributed by atoms with Crippen molar-refractivity contribution in [2.45, 2.75) is 54.0 Å². The molecule has 1 aromatic heterocycles. The number of aromatic nitrogens is 2. The van der Waals surface area contributed by atoms with Crippen LogP contribution in [0.25, 0.3) is 0 Å². The Balaban J connectivity index is 1.96. The maximum atomic E-state index is 6.02. The van der Waals surface area contributed by atoms with Gasteiger partial charge in [-0.25, -0.2) is 4.99 Å². The summed E-state index contributed by atoms with van der Waals surface area (Å²) in [5.41, 5.74) is 2.27. The number of guanidine groups is 1. The third-order valence-corrected chi connectivity index (χ3v) is 4.13. The van der Waals surface area contributed by atoms with Crippen LogP contribution < -0.4 is 15.4 Å². The Kier molecular flexibility index (Phi) is 8.78. The van der Waals surface area contributed by atoms with Crippen LogP contribution in [0.1, 0.15) is 50.0 Å². The van der Waals surface area contributed by atoms with E-state index in [4.69, 9.17) is 14.3 Å². The van der Waals surface area contributed by atoms with E-state index in [1.54, 1.807) is 0 Å². The monoisotopic (exact) mass is 387 g/mol. The van der Waals surface area contributed by atoms with Gasteiger partial charge >= 0.3 is 0 Å². The fraction of sp³-hybridized carbons (Fsp3) is 0.571. The van der Waals surface area contributed by atoms with Gasteiger partial charge in [0.2, 0.25) is 5.89 Å². The number of rotatable bonds is 10. The Labute approximate surface area is 168 Å². The van der Waals surface area contributed by atoms with Gasteiger partial charge in [-0.3, -0.25) is 0 Å². The van der Waals surface area contributed by atoms with Gasteiger partial charge in [0, 0.05) is 25.1 Å². The van der Waals surface area contributed by atoms with Crippen LogP contribution in [0.3, 0.4) is 0 Å². The number of aliphatic imine (C=N–C) groups is 1. The van der Waals surface area contributed by atoms with Crippen LogP contribution in [0.4, 0.5) is 0 Å². The molecular formula is C21H33N5O2. The molecule has 0 aliphatic heterocycles. The van der Waals surface area contributed by atoms with Gasteiger partial charge in [0.1, 0.15) is 5.75 Å². The van der Waals surface area contributed by atoms with Gasteiger partial charge in [-0.1, -0.05) is 31.1 Å². The first-order valence-electron chi connectivity index (χ1n) is 10.0. The zero-order valence-corrected chi connectivity index (χ0v) is 17.7. The van der Waals surface area contributed by atoms with E-state index in [1.807, 2.05) is 13.8 Å². The van der Waals surface area contributed by atoms with E-state index in [9.17, 15) is 0 Å². The lowest BCUT2D eigenvalue weighted by Crippen LogP contribution is -2.38. The lowest BCUT2D eigenvalue weighted by atomic mass is 10.1. The van der Waals surface area contributed by atoms with E-state index in [-0.39, 0.29) is 0 Å². The van der Waals surface area contributed by atoms with Crippen LogP contribution >= 0.6 is 0 Å². The summed E-state index contributed by atoms with van der Waals surface area (Å²) in [6.45, 7) is 13.1. The van der Waals surface area contributed by atoms with E-state index in [0.717, 1.165) is 36.8 Å². The summed E-state index contributed by atoms with van der Waals surface area (Å²) in [5, 5.41) is 10.4. The summed E-state index contributed by atoms with van der Waals surface area (Å²) in [6.07, 6.45) is 1.69. The fourth-order valence-electron chi connectivity index (χ4n) is 2.57. The van der Waals surface area contributed by atoms with Gasteiger partial charge in [-0.15, -0.1) is 0 Å². The molecule has 0 amide bonds. The Bertz CT molecular complexity index is 755. The lowest BCUT2D eigenvalue weighted by molar-refractivity contribution is 0.287. The summed E-state index contributed by atoms with van der Waals surface area (Å²) in [4.78, 5) is 8.91. The summed E-state index contributed by atoms with van der Waals surface area (Å²) < 4.78 is 11.2. The Morgan fingerprint density at radius 1 is 1.25 bits per heavy atom. The minimum Gasteiger partial charge on any atom is -0.493 e. The molecule has 2 aromatic rings. The first-order chi connectivity index (χ1) is 13.5. The normalized spacial score (nSPS) is 11.7. The highest BCUT2D eigenvalue weighted by atomic mass is 16.5. The van der Waals surface area contributed by atoms with Crippen molar-refractivity contribution in [2.24, 2.45) is 10.9 Å². The van der Waals surface area contributed by atoms with Crippen molar-refractivity contribution >= 4 is 5.96 Å². The fourth-order valence-corrected chi connectivity index (χ4v) is 2.57. The molecule has 1 heterocycles. The molecule has 2 N–H and O–H groups in total. The topological polar surface area (TPSA) is 84.6 Å². The first kappa shape index (κ1) is 21.7. The summed E-state index contributed by atoms with van der Waals surface area (Å²) >= 11 is 0. The number of hydrogen-bond acceptors (Lipinski definition) is 5. The molecule has 7 heteroatoms. The molecule has 0 fully saturated rings. The van der Waals surface area contributed by atoms with Crippen LogP contribution in [-0.4, -0.2) is 35.8 Å². The van der Waals surface area contributed by atoms with Crippen molar-refractivity contribution in [3.8, 4) is 5.75 Å². The highest BCUT2D eigenvalue weighted by Gasteiger charge is 2.07. The first-order valence-corrected chi connectivity index (χ1v) is 10.0. The molecule has 0 atom stereocenters. The van der Waals surface area contributed by atoms with Gasteiger partial charge in [0.15, 0.2) is 11.8 Å². The average Bonchev–Trinajstić information content (AvgIpc) is 3.05. The van der Waals surface area contributed by atoms with Crippen molar-refractivity contribution < 1.29 is 9.26 Å². The molecular weight excluding hydrogens is 354 g/mol. The molecule has 154 valence electrons. The third kappa shape index (κ3) is 7.58. The highest BCUT2D eigenvalue weighted by molar-refractivity contribution is 5.79. The standard InChI is InChI=1S/C21H33N5O2/c1-6-22-21(23-11-9-20-25-17(5)26-28-20)24-14-18-8-7-16(4)13-19(18)27-12-10-15(2)3/h7-8,13,15H,6,9-12,14H2,1-5H3,(H2,22,23,24). The lowest BCUT2D eigenvalue weighted by Gasteiger charge is -2.14. The summed E-state index contributed by atoms with van der Waals surface area (Å²) in [7, 11) is 0. The van der Waals surface area contributed by atoms with Gasteiger partial charge in [-0.2, -0.15) is 4.98 Å². The molecule has 2 rings (SSSR count). The molecule has 0 aliphatic rings. The second-order valence-electron chi connectivity index (χ2n) is 7.25. The molecule has 1 aromatic carbocycles. The van der Waals surface area contributed by atoms with E-state index in [1.165, 1.54) is 5.56 Å². The Hall–Kier alpha value is -2.57. The SMILES string of the molecule is CCNC(=NCc1ccc(C)cc1OCCC(C)C)NCCc1nc(C)no1. The van der Waals surface area contributed by atoms with Crippen molar-refractivity contribution in [3.63, 3.8) is 0 Å².